The number of carbonyl (C=O) groups excluding carboxylic acids is 2. The van der Waals surface area contributed by atoms with Crippen molar-refractivity contribution in [1.82, 2.24) is 25.6 Å². The lowest BCUT2D eigenvalue weighted by atomic mass is 9.72. The summed E-state index contributed by atoms with van der Waals surface area (Å²) in [6.07, 6.45) is 3.61. The minimum atomic E-state index is -1.62. The van der Waals surface area contributed by atoms with E-state index in [0.29, 0.717) is 23.0 Å². The number of nitrogens with zero attached hydrogens (tertiary/aromatic N) is 2. The second kappa shape index (κ2) is 11.3. The quantitative estimate of drug-likeness (QED) is 0.131. The highest BCUT2D eigenvalue weighted by atomic mass is 16.5. The van der Waals surface area contributed by atoms with Gasteiger partial charge in [-0.25, -0.2) is 9.97 Å². The van der Waals surface area contributed by atoms with Gasteiger partial charge in [-0.3, -0.25) is 9.59 Å². The van der Waals surface area contributed by atoms with Crippen LogP contribution in [0.1, 0.15) is 80.5 Å². The van der Waals surface area contributed by atoms with Gasteiger partial charge in [-0.2, -0.15) is 0 Å². The van der Waals surface area contributed by atoms with E-state index in [-0.39, 0.29) is 37.0 Å². The van der Waals surface area contributed by atoms with E-state index in [0.717, 1.165) is 55.5 Å². The van der Waals surface area contributed by atoms with E-state index in [9.17, 15) is 14.7 Å². The molecule has 10 bridgehead atoms. The molecule has 274 valence electrons. The molecule has 0 saturated heterocycles. The van der Waals surface area contributed by atoms with Crippen molar-refractivity contribution in [2.75, 3.05) is 5.32 Å². The number of hydrogen-bond donors (Lipinski definition) is 5. The lowest BCUT2D eigenvalue weighted by Gasteiger charge is -2.30. The molecule has 4 aliphatic rings. The first-order valence-corrected chi connectivity index (χ1v) is 18.7. The van der Waals surface area contributed by atoms with Crippen LogP contribution in [0.4, 0.5) is 5.69 Å². The van der Waals surface area contributed by atoms with E-state index in [1.165, 1.54) is 0 Å². The fourth-order valence-corrected chi connectivity index (χ4v) is 8.93. The van der Waals surface area contributed by atoms with Crippen molar-refractivity contribution < 1.29 is 28.3 Å². The maximum atomic E-state index is 14.3. The first-order chi connectivity index (χ1) is 26.0. The third-order valence-corrected chi connectivity index (χ3v) is 12.1. The van der Waals surface area contributed by atoms with Crippen molar-refractivity contribution in [3.8, 4) is 39.8 Å². The molecule has 0 fully saturated rings. The third kappa shape index (κ3) is 4.28. The standard InChI is InChI=1S/C42H40N6O6/c1-6-41(51,7-2)39(50)45-27-16-21-12-14-28-26(15-21)42-25-10-8-9-23(33(25)48-40(42)53-28)22-13-11-20(5)32-30(22)24(17-43-32)29-18-44-37(52-29)34-35(42)54-38(47-34)31(19(3)4)46-36(27)49/h8-15,17-19,27,31,40,43,48,51H,6-7,16H2,1-5H3,(H,45,50)(H,46,49)/t27?,31-,40-,42?/m0/s1. The number of benzene rings is 3. The van der Waals surface area contributed by atoms with E-state index in [2.05, 4.69) is 58.2 Å². The molecule has 10 rings (SSSR count). The molecule has 1 spiro atoms. The van der Waals surface area contributed by atoms with Crippen LogP contribution in [0.5, 0.6) is 5.75 Å². The summed E-state index contributed by atoms with van der Waals surface area (Å²) < 4.78 is 20.5. The van der Waals surface area contributed by atoms with Crippen molar-refractivity contribution in [3.63, 3.8) is 0 Å². The molecule has 2 amide bonds. The van der Waals surface area contributed by atoms with Gasteiger partial charge >= 0.3 is 0 Å². The molecule has 0 saturated carbocycles. The first kappa shape index (κ1) is 32.7. The summed E-state index contributed by atoms with van der Waals surface area (Å²) in [5.41, 5.74) is 6.17. The molecule has 54 heavy (non-hydrogen) atoms. The fourth-order valence-electron chi connectivity index (χ4n) is 8.93. The summed E-state index contributed by atoms with van der Waals surface area (Å²) in [7, 11) is 0. The van der Waals surface area contributed by atoms with Crippen LogP contribution < -0.4 is 20.7 Å². The van der Waals surface area contributed by atoms with Crippen molar-refractivity contribution in [2.24, 2.45) is 5.92 Å². The molecule has 5 N–H and O–H groups in total. The number of aromatic amines is 1. The molecule has 12 heteroatoms. The molecule has 6 aromatic rings. The van der Waals surface area contributed by atoms with Gasteiger partial charge in [-0.15, -0.1) is 0 Å². The summed E-state index contributed by atoms with van der Waals surface area (Å²) in [4.78, 5) is 41.3. The maximum Gasteiger partial charge on any atom is 0.252 e. The average molecular weight is 725 g/mol. The Kier molecular flexibility index (Phi) is 6.86. The van der Waals surface area contributed by atoms with E-state index in [1.54, 1.807) is 20.0 Å². The molecule has 4 atom stereocenters. The molecule has 3 aromatic carbocycles. The van der Waals surface area contributed by atoms with Crippen LogP contribution in [0.15, 0.2) is 69.8 Å². The lowest BCUT2D eigenvalue weighted by Crippen LogP contribution is -2.55. The highest BCUT2D eigenvalue weighted by Crippen LogP contribution is 2.61. The van der Waals surface area contributed by atoms with E-state index >= 15 is 0 Å². The van der Waals surface area contributed by atoms with Crippen LogP contribution in [0.2, 0.25) is 0 Å². The zero-order valence-corrected chi connectivity index (χ0v) is 30.6. The Hall–Kier alpha value is -5.88. The number of aliphatic hydroxyl groups is 1. The number of aromatic nitrogens is 3. The molecule has 12 nitrogen and oxygen atoms in total. The van der Waals surface area contributed by atoms with Gasteiger partial charge in [0, 0.05) is 51.5 Å². The number of nitrogens with one attached hydrogen (secondary N) is 4. The highest BCUT2D eigenvalue weighted by Gasteiger charge is 2.61. The predicted octanol–water partition coefficient (Wildman–Crippen LogP) is 6.65. The van der Waals surface area contributed by atoms with E-state index < -0.39 is 41.1 Å². The summed E-state index contributed by atoms with van der Waals surface area (Å²) in [6, 6.07) is 14.7. The number of ether oxygens (including phenoxy) is 1. The molecule has 0 aliphatic carbocycles. The first-order valence-electron chi connectivity index (χ1n) is 18.7. The Labute approximate surface area is 310 Å². The van der Waals surface area contributed by atoms with Crippen molar-refractivity contribution in [3.05, 3.63) is 94.8 Å². The molecular weight excluding hydrogens is 684 g/mol. The molecule has 7 heterocycles. The summed E-state index contributed by atoms with van der Waals surface area (Å²) in [6.45, 7) is 9.54. The number of rotatable bonds is 5. The Bertz CT molecular complexity index is 2560. The molecule has 0 radical (unpaired) electrons. The van der Waals surface area contributed by atoms with Gasteiger partial charge in [-0.05, 0) is 48.4 Å². The largest absolute Gasteiger partial charge is 0.469 e. The number of anilines is 1. The molecular formula is C42H40N6O6. The SMILES string of the molecule is CCC(O)(CC)C(=O)NC1Cc2ccc3c(c2)C24c5cccc(c5N[C@H]2O3)-c2ccc(C)c3[nH]cc(c23)-c2cnc(o2)-c2nc(oc24)[C@H](C(C)C)NC1=O. The summed E-state index contributed by atoms with van der Waals surface area (Å²) in [5.74, 6) is 1.06. The smallest absolute Gasteiger partial charge is 0.252 e. The number of para-hydroxylation sites is 1. The Morgan fingerprint density at radius 2 is 1.89 bits per heavy atom. The second-order valence-electron chi connectivity index (χ2n) is 15.3. The number of fused-ring (bicyclic) bond motifs is 7. The number of aryl methyl sites for hydroxylation is 1. The number of amides is 2. The lowest BCUT2D eigenvalue weighted by molar-refractivity contribution is -0.143. The number of oxazole rings is 2. The normalized spacial score (nSPS) is 21.8. The minimum absolute atomic E-state index is 0.167. The number of hydrogen-bond acceptors (Lipinski definition) is 9. The van der Waals surface area contributed by atoms with Gasteiger partial charge in [0.25, 0.3) is 5.91 Å². The monoisotopic (exact) mass is 724 g/mol. The highest BCUT2D eigenvalue weighted by molar-refractivity contribution is 6.08. The van der Waals surface area contributed by atoms with E-state index in [1.807, 2.05) is 38.2 Å². The Morgan fingerprint density at radius 3 is 2.69 bits per heavy atom. The van der Waals surface area contributed by atoms with Crippen molar-refractivity contribution in [2.45, 2.75) is 83.2 Å². The van der Waals surface area contributed by atoms with E-state index in [4.69, 9.17) is 23.5 Å². The van der Waals surface area contributed by atoms with Crippen LogP contribution >= 0.6 is 0 Å². The van der Waals surface area contributed by atoms with Crippen LogP contribution in [-0.2, 0) is 21.4 Å². The van der Waals surface area contributed by atoms with Gasteiger partial charge in [0.15, 0.2) is 23.4 Å². The summed E-state index contributed by atoms with van der Waals surface area (Å²) >= 11 is 0. The van der Waals surface area contributed by atoms with Crippen LogP contribution in [0.25, 0.3) is 44.9 Å². The zero-order valence-electron chi connectivity index (χ0n) is 30.6. The number of carbonyl (C=O) groups is 2. The third-order valence-electron chi connectivity index (χ3n) is 12.1. The van der Waals surface area contributed by atoms with Crippen molar-refractivity contribution >= 4 is 28.4 Å². The van der Waals surface area contributed by atoms with Gasteiger partial charge < -0.3 is 39.6 Å². The molecule has 2 unspecified atom stereocenters. The Morgan fingerprint density at radius 1 is 1.06 bits per heavy atom. The number of H-pyrrole nitrogens is 1. The van der Waals surface area contributed by atoms with Gasteiger partial charge in [0.1, 0.15) is 28.8 Å². The van der Waals surface area contributed by atoms with Gasteiger partial charge in [-0.1, -0.05) is 70.2 Å². The maximum absolute atomic E-state index is 14.3. The Balaban J connectivity index is 1.27. The second-order valence-corrected chi connectivity index (χ2v) is 15.3. The average Bonchev–Trinajstić information content (AvgIpc) is 3.99. The zero-order chi connectivity index (χ0) is 37.3. The molecule has 3 aromatic heterocycles. The van der Waals surface area contributed by atoms with Crippen molar-refractivity contribution in [1.29, 1.82) is 0 Å². The fraction of sp³-hybridized carbons (Fsp3) is 0.333. The van der Waals surface area contributed by atoms with Crippen LogP contribution in [-0.4, -0.2) is 49.7 Å². The van der Waals surface area contributed by atoms with Gasteiger partial charge in [0.05, 0.1) is 6.20 Å². The van der Waals surface area contributed by atoms with Crippen LogP contribution in [0, 0.1) is 12.8 Å². The molecule has 4 aliphatic heterocycles. The summed E-state index contributed by atoms with van der Waals surface area (Å²) in [5, 5.41) is 22.0. The topological polar surface area (TPSA) is 168 Å². The predicted molar refractivity (Wildman–Crippen MR) is 201 cm³/mol. The van der Waals surface area contributed by atoms with Gasteiger partial charge in [0.2, 0.25) is 17.7 Å². The van der Waals surface area contributed by atoms with Crippen LogP contribution in [0.3, 0.4) is 0 Å². The minimum Gasteiger partial charge on any atom is -0.469 e.